The Hall–Kier alpha value is -3.60. The van der Waals surface area contributed by atoms with Gasteiger partial charge in [-0.05, 0) is 65.3 Å². The summed E-state index contributed by atoms with van der Waals surface area (Å²) in [6.07, 6.45) is -0.592. The summed E-state index contributed by atoms with van der Waals surface area (Å²) < 4.78 is 5.63. The zero-order valence-electron chi connectivity index (χ0n) is 19.5. The number of carbonyl (C=O) groups excluding carboxylic acids is 2. The molecule has 0 fully saturated rings. The first kappa shape index (κ1) is 22.6. The Labute approximate surface area is 195 Å². The summed E-state index contributed by atoms with van der Waals surface area (Å²) in [6.45, 7) is 7.98. The van der Waals surface area contributed by atoms with Gasteiger partial charge in [0.15, 0.2) is 0 Å². The van der Waals surface area contributed by atoms with Crippen LogP contribution in [0.25, 0.3) is 11.1 Å². The van der Waals surface area contributed by atoms with Crippen molar-refractivity contribution in [3.05, 3.63) is 89.0 Å². The molecular weight excluding hydrogens is 412 g/mol. The number of alkyl carbamates (subject to hydrolysis) is 1. The van der Waals surface area contributed by atoms with Crippen LogP contribution < -0.4 is 10.6 Å². The molecule has 5 nitrogen and oxygen atoms in total. The van der Waals surface area contributed by atoms with Gasteiger partial charge in [-0.15, -0.1) is 0 Å². The molecule has 33 heavy (non-hydrogen) atoms. The lowest BCUT2D eigenvalue weighted by Crippen LogP contribution is -2.47. The van der Waals surface area contributed by atoms with Crippen molar-refractivity contribution in [2.24, 2.45) is 5.92 Å². The Morgan fingerprint density at radius 3 is 1.97 bits per heavy atom. The number of anilines is 1. The fraction of sp³-hybridized carbons (Fsp3) is 0.286. The van der Waals surface area contributed by atoms with E-state index in [9.17, 15) is 9.59 Å². The fourth-order valence-electron chi connectivity index (χ4n) is 4.57. The van der Waals surface area contributed by atoms with E-state index in [0.29, 0.717) is 0 Å². The van der Waals surface area contributed by atoms with Crippen molar-refractivity contribution in [1.29, 1.82) is 0 Å². The number of hydrogen-bond donors (Lipinski definition) is 2. The van der Waals surface area contributed by atoms with Crippen LogP contribution in [0, 0.1) is 19.8 Å². The van der Waals surface area contributed by atoms with Gasteiger partial charge in [-0.1, -0.05) is 68.4 Å². The molecule has 2 amide bonds. The molecule has 1 atom stereocenters. The van der Waals surface area contributed by atoms with Gasteiger partial charge in [-0.2, -0.15) is 0 Å². The van der Waals surface area contributed by atoms with Crippen molar-refractivity contribution in [2.45, 2.75) is 39.7 Å². The lowest BCUT2D eigenvalue weighted by Gasteiger charge is -2.22. The minimum absolute atomic E-state index is 0.0234. The maximum absolute atomic E-state index is 12.9. The summed E-state index contributed by atoms with van der Waals surface area (Å²) >= 11 is 0. The molecule has 0 bridgehead atoms. The van der Waals surface area contributed by atoms with Crippen LogP contribution in [-0.2, 0) is 9.53 Å². The number of ether oxygens (including phenoxy) is 1. The number of nitrogens with one attached hydrogen (secondary N) is 2. The van der Waals surface area contributed by atoms with E-state index in [0.717, 1.165) is 27.9 Å². The maximum Gasteiger partial charge on any atom is 0.407 e. The molecule has 0 saturated heterocycles. The summed E-state index contributed by atoms with van der Waals surface area (Å²) in [4.78, 5) is 25.6. The third-order valence-electron chi connectivity index (χ3n) is 6.06. The Bertz CT molecular complexity index is 1120. The molecule has 0 aromatic heterocycles. The summed E-state index contributed by atoms with van der Waals surface area (Å²) in [5, 5.41) is 5.69. The van der Waals surface area contributed by atoms with E-state index >= 15 is 0 Å². The van der Waals surface area contributed by atoms with E-state index in [1.165, 1.54) is 11.1 Å². The van der Waals surface area contributed by atoms with Crippen molar-refractivity contribution >= 4 is 17.7 Å². The first-order chi connectivity index (χ1) is 15.8. The van der Waals surface area contributed by atoms with E-state index in [1.54, 1.807) is 0 Å². The highest BCUT2D eigenvalue weighted by molar-refractivity contribution is 5.96. The van der Waals surface area contributed by atoms with Crippen LogP contribution in [0.4, 0.5) is 10.5 Å². The number of aryl methyl sites for hydroxylation is 2. The second kappa shape index (κ2) is 9.49. The molecule has 0 heterocycles. The number of fused-ring (bicyclic) bond motifs is 3. The summed E-state index contributed by atoms with van der Waals surface area (Å²) in [5.41, 5.74) is 7.51. The first-order valence-electron chi connectivity index (χ1n) is 11.3. The summed E-state index contributed by atoms with van der Waals surface area (Å²) in [6, 6.07) is 21.6. The molecule has 3 aromatic rings. The number of benzene rings is 3. The van der Waals surface area contributed by atoms with Crippen LogP contribution in [0.5, 0.6) is 0 Å². The second-order valence-corrected chi connectivity index (χ2v) is 9.06. The highest BCUT2D eigenvalue weighted by atomic mass is 16.5. The van der Waals surface area contributed by atoms with Gasteiger partial charge in [0, 0.05) is 11.6 Å². The average molecular weight is 443 g/mol. The Morgan fingerprint density at radius 2 is 1.42 bits per heavy atom. The molecule has 0 saturated carbocycles. The first-order valence-corrected chi connectivity index (χ1v) is 11.3. The molecule has 0 aliphatic heterocycles. The van der Waals surface area contributed by atoms with Gasteiger partial charge in [0.25, 0.3) is 0 Å². The molecule has 0 spiro atoms. The fourth-order valence-corrected chi connectivity index (χ4v) is 4.57. The molecule has 1 aliphatic rings. The van der Waals surface area contributed by atoms with Crippen molar-refractivity contribution < 1.29 is 14.3 Å². The second-order valence-electron chi connectivity index (χ2n) is 9.06. The molecule has 0 radical (unpaired) electrons. The Balaban J connectivity index is 1.42. The van der Waals surface area contributed by atoms with Gasteiger partial charge in [-0.25, -0.2) is 4.79 Å². The summed E-state index contributed by atoms with van der Waals surface area (Å²) in [7, 11) is 0. The van der Waals surface area contributed by atoms with Gasteiger partial charge >= 0.3 is 6.09 Å². The topological polar surface area (TPSA) is 67.4 Å². The highest BCUT2D eigenvalue weighted by Crippen LogP contribution is 2.44. The van der Waals surface area contributed by atoms with Crippen LogP contribution >= 0.6 is 0 Å². The number of carbonyl (C=O) groups is 2. The van der Waals surface area contributed by atoms with Crippen molar-refractivity contribution in [3.63, 3.8) is 0 Å². The standard InChI is InChI=1S/C28H30N2O3/c1-17(2)26(27(31)29-20-14-18(3)13-19(4)15-20)30-28(32)33-16-25-23-11-7-5-9-21(23)22-10-6-8-12-24(22)25/h5-15,17,25-26H,16H2,1-4H3,(H,29,31)(H,30,32). The van der Waals surface area contributed by atoms with Crippen LogP contribution in [-0.4, -0.2) is 24.6 Å². The molecule has 1 aliphatic carbocycles. The van der Waals surface area contributed by atoms with Gasteiger partial charge < -0.3 is 15.4 Å². The summed E-state index contributed by atoms with van der Waals surface area (Å²) in [5.74, 6) is -0.385. The van der Waals surface area contributed by atoms with Crippen LogP contribution in [0.2, 0.25) is 0 Å². The van der Waals surface area contributed by atoms with Gasteiger partial charge in [0.2, 0.25) is 5.91 Å². The monoisotopic (exact) mass is 442 g/mol. The minimum atomic E-state index is -0.707. The number of hydrogen-bond acceptors (Lipinski definition) is 3. The third kappa shape index (κ3) is 4.92. The van der Waals surface area contributed by atoms with Crippen LogP contribution in [0.15, 0.2) is 66.7 Å². The lowest BCUT2D eigenvalue weighted by molar-refractivity contribution is -0.119. The van der Waals surface area contributed by atoms with Gasteiger partial charge in [-0.3, -0.25) is 4.79 Å². The molecule has 170 valence electrons. The van der Waals surface area contributed by atoms with E-state index in [4.69, 9.17) is 4.74 Å². The lowest BCUT2D eigenvalue weighted by atomic mass is 9.98. The van der Waals surface area contributed by atoms with Crippen molar-refractivity contribution in [3.8, 4) is 11.1 Å². The Kier molecular flexibility index (Phi) is 6.50. The number of rotatable bonds is 6. The van der Waals surface area contributed by atoms with Crippen LogP contribution in [0.1, 0.15) is 42.0 Å². The smallest absolute Gasteiger partial charge is 0.407 e. The van der Waals surface area contributed by atoms with E-state index in [1.807, 2.05) is 70.2 Å². The predicted octanol–water partition coefficient (Wildman–Crippen LogP) is 5.81. The molecule has 4 rings (SSSR count). The molecule has 3 aromatic carbocycles. The van der Waals surface area contributed by atoms with E-state index in [2.05, 4.69) is 34.9 Å². The quantitative estimate of drug-likeness (QED) is 0.507. The third-order valence-corrected chi connectivity index (χ3v) is 6.06. The molecular formula is C28H30N2O3. The normalized spacial score (nSPS) is 13.2. The zero-order valence-corrected chi connectivity index (χ0v) is 19.5. The predicted molar refractivity (Wildman–Crippen MR) is 131 cm³/mol. The van der Waals surface area contributed by atoms with Crippen LogP contribution in [0.3, 0.4) is 0 Å². The van der Waals surface area contributed by atoms with Gasteiger partial charge in [0.1, 0.15) is 12.6 Å². The molecule has 2 N–H and O–H groups in total. The zero-order chi connectivity index (χ0) is 23.5. The average Bonchev–Trinajstić information content (AvgIpc) is 3.09. The Morgan fingerprint density at radius 1 is 0.879 bits per heavy atom. The van der Waals surface area contributed by atoms with Gasteiger partial charge in [0.05, 0.1) is 0 Å². The SMILES string of the molecule is Cc1cc(C)cc(NC(=O)C(NC(=O)OCC2c3ccccc3-c3ccccc32)C(C)C)c1. The molecule has 5 heteroatoms. The molecule has 1 unspecified atom stereocenters. The van der Waals surface area contributed by atoms with E-state index < -0.39 is 12.1 Å². The van der Waals surface area contributed by atoms with E-state index in [-0.39, 0.29) is 24.3 Å². The van der Waals surface area contributed by atoms with Crippen molar-refractivity contribution in [1.82, 2.24) is 5.32 Å². The van der Waals surface area contributed by atoms with Crippen molar-refractivity contribution in [2.75, 3.05) is 11.9 Å². The highest BCUT2D eigenvalue weighted by Gasteiger charge is 2.30. The number of amides is 2. The minimum Gasteiger partial charge on any atom is -0.449 e. The largest absolute Gasteiger partial charge is 0.449 e. The maximum atomic E-state index is 12.9.